The fourth-order valence-corrected chi connectivity index (χ4v) is 2.77. The van der Waals surface area contributed by atoms with Gasteiger partial charge in [0.2, 0.25) is 0 Å². The third kappa shape index (κ3) is 1.77. The van der Waals surface area contributed by atoms with Gasteiger partial charge in [0.25, 0.3) is 5.91 Å². The van der Waals surface area contributed by atoms with Gasteiger partial charge in [-0.25, -0.2) is 4.98 Å². The van der Waals surface area contributed by atoms with Crippen LogP contribution in [-0.4, -0.2) is 15.9 Å². The zero-order valence-corrected chi connectivity index (χ0v) is 11.5. The Bertz CT molecular complexity index is 991. The number of carbonyl (C=O) groups is 1. The highest BCUT2D eigenvalue weighted by Crippen LogP contribution is 2.26. The van der Waals surface area contributed by atoms with Gasteiger partial charge < -0.3 is 16.0 Å². The normalized spacial score (nSPS) is 13.2. The summed E-state index contributed by atoms with van der Waals surface area (Å²) < 4.78 is 0. The number of nitrogens with zero attached hydrogens (tertiary/aromatic N) is 1. The Morgan fingerprint density at radius 1 is 1.14 bits per heavy atom. The molecule has 1 aliphatic rings. The van der Waals surface area contributed by atoms with E-state index < -0.39 is 0 Å². The first kappa shape index (κ1) is 12.6. The standard InChI is InChI=1S/C16H12N4O2/c17-15-14-12(18-4-3-13(14)21)6-11(20-15)8-1-2-10-9(5-8)7-19-16(10)22/h1-6H,7H2,(H2,17,20)(H,18,21)(H,19,22). The Hall–Kier alpha value is -3.15. The van der Waals surface area contributed by atoms with E-state index in [1.807, 2.05) is 12.1 Å². The monoisotopic (exact) mass is 292 g/mol. The number of fused-ring (bicyclic) bond motifs is 2. The number of nitrogens with two attached hydrogens (primary N) is 1. The molecule has 3 aromatic rings. The van der Waals surface area contributed by atoms with E-state index in [-0.39, 0.29) is 17.2 Å². The van der Waals surface area contributed by atoms with Gasteiger partial charge in [-0.3, -0.25) is 9.59 Å². The lowest BCUT2D eigenvalue weighted by Crippen LogP contribution is -2.12. The molecule has 0 bridgehead atoms. The number of benzene rings is 1. The molecule has 0 aliphatic carbocycles. The number of aromatic nitrogens is 2. The van der Waals surface area contributed by atoms with Gasteiger partial charge in [-0.15, -0.1) is 0 Å². The third-order valence-corrected chi connectivity index (χ3v) is 3.85. The first-order chi connectivity index (χ1) is 10.6. The van der Waals surface area contributed by atoms with Gasteiger partial charge in [0, 0.05) is 29.9 Å². The van der Waals surface area contributed by atoms with Gasteiger partial charge in [-0.2, -0.15) is 0 Å². The zero-order chi connectivity index (χ0) is 15.3. The molecule has 2 aromatic heterocycles. The van der Waals surface area contributed by atoms with E-state index >= 15 is 0 Å². The molecule has 1 aromatic carbocycles. The van der Waals surface area contributed by atoms with E-state index in [0.717, 1.165) is 11.1 Å². The predicted molar refractivity (Wildman–Crippen MR) is 83.4 cm³/mol. The summed E-state index contributed by atoms with van der Waals surface area (Å²) in [6.07, 6.45) is 1.58. The number of H-pyrrole nitrogens is 1. The minimum atomic E-state index is -0.158. The van der Waals surface area contributed by atoms with E-state index in [1.54, 1.807) is 18.3 Å². The van der Waals surface area contributed by atoms with Gasteiger partial charge in [0.1, 0.15) is 5.82 Å². The lowest BCUT2D eigenvalue weighted by molar-refractivity contribution is 0.0966. The molecule has 22 heavy (non-hydrogen) atoms. The summed E-state index contributed by atoms with van der Waals surface area (Å²) in [7, 11) is 0. The molecule has 1 amide bonds. The number of amides is 1. The van der Waals surface area contributed by atoms with Gasteiger partial charge >= 0.3 is 0 Å². The fraction of sp³-hybridized carbons (Fsp3) is 0.0625. The topological polar surface area (TPSA) is 101 Å². The second-order valence-corrected chi connectivity index (χ2v) is 5.21. The van der Waals surface area contributed by atoms with Crippen molar-refractivity contribution in [2.24, 2.45) is 0 Å². The molecule has 0 radical (unpaired) electrons. The van der Waals surface area contributed by atoms with Crippen molar-refractivity contribution in [1.29, 1.82) is 0 Å². The maximum absolute atomic E-state index is 11.9. The predicted octanol–water partition coefficient (Wildman–Crippen LogP) is 1.42. The quantitative estimate of drug-likeness (QED) is 0.631. The summed E-state index contributed by atoms with van der Waals surface area (Å²) in [6, 6.07) is 8.74. The van der Waals surface area contributed by atoms with Crippen molar-refractivity contribution in [3.8, 4) is 11.3 Å². The molecule has 0 fully saturated rings. The van der Waals surface area contributed by atoms with Crippen LogP contribution in [0.3, 0.4) is 0 Å². The molecule has 4 N–H and O–H groups in total. The summed E-state index contributed by atoms with van der Waals surface area (Å²) in [6.45, 7) is 0.516. The second-order valence-electron chi connectivity index (χ2n) is 5.21. The Morgan fingerprint density at radius 2 is 2.00 bits per heavy atom. The van der Waals surface area contributed by atoms with E-state index in [9.17, 15) is 9.59 Å². The Balaban J connectivity index is 1.92. The Morgan fingerprint density at radius 3 is 2.86 bits per heavy atom. The minimum Gasteiger partial charge on any atom is -0.383 e. The molecular weight excluding hydrogens is 280 g/mol. The average molecular weight is 292 g/mol. The number of nitrogen functional groups attached to an aromatic ring is 1. The maximum Gasteiger partial charge on any atom is 0.251 e. The molecule has 0 saturated carbocycles. The van der Waals surface area contributed by atoms with E-state index in [2.05, 4.69) is 15.3 Å². The van der Waals surface area contributed by atoms with Crippen LogP contribution in [0.1, 0.15) is 15.9 Å². The van der Waals surface area contributed by atoms with Crippen LogP contribution in [0.4, 0.5) is 5.82 Å². The lowest BCUT2D eigenvalue weighted by Gasteiger charge is -2.07. The number of hydrogen-bond donors (Lipinski definition) is 3. The summed E-state index contributed by atoms with van der Waals surface area (Å²) in [4.78, 5) is 30.8. The Labute approximate surface area is 125 Å². The molecule has 6 heteroatoms. The van der Waals surface area contributed by atoms with Crippen molar-refractivity contribution in [3.63, 3.8) is 0 Å². The number of hydrogen-bond acceptors (Lipinski definition) is 4. The second kappa shape index (κ2) is 4.42. The molecule has 4 rings (SSSR count). The zero-order valence-electron chi connectivity index (χ0n) is 11.5. The van der Waals surface area contributed by atoms with Crippen molar-refractivity contribution >= 4 is 22.6 Å². The number of aromatic amines is 1. The molecule has 3 heterocycles. The van der Waals surface area contributed by atoms with Gasteiger partial charge in [-0.1, -0.05) is 6.07 Å². The third-order valence-electron chi connectivity index (χ3n) is 3.85. The summed E-state index contributed by atoms with van der Waals surface area (Å²) >= 11 is 0. The van der Waals surface area contributed by atoms with Crippen LogP contribution >= 0.6 is 0 Å². The highest BCUT2D eigenvalue weighted by atomic mass is 16.1. The van der Waals surface area contributed by atoms with Gasteiger partial charge in [0.15, 0.2) is 5.43 Å². The summed E-state index contributed by atoms with van der Waals surface area (Å²) in [5, 5.41) is 3.17. The maximum atomic E-state index is 11.9. The average Bonchev–Trinajstić information content (AvgIpc) is 2.88. The SMILES string of the molecule is Nc1nc(-c2ccc3c(c2)CNC3=O)cc2[nH]ccc(=O)c12. The van der Waals surface area contributed by atoms with Crippen molar-refractivity contribution in [1.82, 2.24) is 15.3 Å². The van der Waals surface area contributed by atoms with Gasteiger partial charge in [0.05, 0.1) is 16.6 Å². The first-order valence-corrected chi connectivity index (χ1v) is 6.83. The molecule has 0 saturated heterocycles. The number of pyridine rings is 2. The number of carbonyl (C=O) groups excluding carboxylic acids is 1. The van der Waals surface area contributed by atoms with Crippen LogP contribution in [0.2, 0.25) is 0 Å². The van der Waals surface area contributed by atoms with Crippen LogP contribution in [0.5, 0.6) is 0 Å². The number of rotatable bonds is 1. The molecule has 6 nitrogen and oxygen atoms in total. The molecule has 0 atom stereocenters. The summed E-state index contributed by atoms with van der Waals surface area (Å²) in [5.74, 6) is 0.140. The van der Waals surface area contributed by atoms with Crippen LogP contribution in [-0.2, 0) is 6.54 Å². The van der Waals surface area contributed by atoms with Crippen molar-refractivity contribution in [2.45, 2.75) is 6.54 Å². The highest BCUT2D eigenvalue weighted by Gasteiger charge is 2.19. The molecule has 0 spiro atoms. The van der Waals surface area contributed by atoms with Crippen LogP contribution in [0.15, 0.2) is 41.3 Å². The molecule has 1 aliphatic heterocycles. The van der Waals surface area contributed by atoms with Crippen molar-refractivity contribution in [3.05, 3.63) is 57.9 Å². The fourth-order valence-electron chi connectivity index (χ4n) is 2.77. The van der Waals surface area contributed by atoms with E-state index in [0.29, 0.717) is 28.7 Å². The van der Waals surface area contributed by atoms with E-state index in [1.165, 1.54) is 6.07 Å². The highest BCUT2D eigenvalue weighted by molar-refractivity contribution is 5.99. The number of anilines is 1. The lowest BCUT2D eigenvalue weighted by atomic mass is 10.0. The Kier molecular flexibility index (Phi) is 2.53. The van der Waals surface area contributed by atoms with Crippen LogP contribution in [0, 0.1) is 0 Å². The number of nitrogens with one attached hydrogen (secondary N) is 2. The smallest absolute Gasteiger partial charge is 0.251 e. The first-order valence-electron chi connectivity index (χ1n) is 6.83. The van der Waals surface area contributed by atoms with E-state index in [4.69, 9.17) is 5.73 Å². The van der Waals surface area contributed by atoms with Crippen LogP contribution < -0.4 is 16.5 Å². The van der Waals surface area contributed by atoms with Crippen molar-refractivity contribution in [2.75, 3.05) is 5.73 Å². The molecular formula is C16H12N4O2. The largest absolute Gasteiger partial charge is 0.383 e. The van der Waals surface area contributed by atoms with Crippen molar-refractivity contribution < 1.29 is 4.79 Å². The minimum absolute atomic E-state index is 0.0585. The van der Waals surface area contributed by atoms with Gasteiger partial charge in [-0.05, 0) is 23.8 Å². The molecule has 108 valence electrons. The van der Waals surface area contributed by atoms with Crippen LogP contribution in [0.25, 0.3) is 22.2 Å². The molecule has 0 unspecified atom stereocenters. The summed E-state index contributed by atoms with van der Waals surface area (Å²) in [5.41, 5.74) is 9.55.